The second kappa shape index (κ2) is 6.33. The summed E-state index contributed by atoms with van der Waals surface area (Å²) in [6.45, 7) is 2.10. The van der Waals surface area contributed by atoms with E-state index in [-0.39, 0.29) is 11.6 Å². The second-order valence-corrected chi connectivity index (χ2v) is 7.44. The molecule has 1 aromatic heterocycles. The number of aryl methyl sites for hydroxylation is 1. The minimum absolute atomic E-state index is 0.0915. The predicted molar refractivity (Wildman–Crippen MR) is 97.8 cm³/mol. The second-order valence-electron chi connectivity index (χ2n) is 7.44. The fourth-order valence-corrected chi connectivity index (χ4v) is 4.78. The average Bonchev–Trinajstić information content (AvgIpc) is 3.23. The summed E-state index contributed by atoms with van der Waals surface area (Å²) < 4.78 is 3.74. The maximum Gasteiger partial charge on any atom is 0.275 e. The van der Waals surface area contributed by atoms with E-state index in [1.165, 1.54) is 25.7 Å². The van der Waals surface area contributed by atoms with Crippen LogP contribution in [0.2, 0.25) is 0 Å². The molecule has 0 radical (unpaired) electrons. The molecule has 134 valence electrons. The minimum atomic E-state index is -0.545. The van der Waals surface area contributed by atoms with Gasteiger partial charge in [-0.25, -0.2) is 4.68 Å². The molecule has 1 aliphatic heterocycles. The molecule has 4 rings (SSSR count). The van der Waals surface area contributed by atoms with Gasteiger partial charge in [0.1, 0.15) is 0 Å². The number of rotatable bonds is 3. The first-order chi connectivity index (χ1) is 12.1. The monoisotopic (exact) mass is 342 g/mol. The quantitative estimate of drug-likeness (QED) is 0.927. The predicted octanol–water partition coefficient (Wildman–Crippen LogP) is 2.02. The number of carbonyl (C=O) groups is 1. The van der Waals surface area contributed by atoms with Gasteiger partial charge < -0.3 is 10.6 Å². The molecule has 25 heavy (non-hydrogen) atoms. The van der Waals surface area contributed by atoms with Crippen LogP contribution in [-0.2, 0) is 7.05 Å². The van der Waals surface area contributed by atoms with Gasteiger partial charge in [-0.05, 0) is 37.8 Å². The summed E-state index contributed by atoms with van der Waals surface area (Å²) in [4.78, 5) is 27.3. The van der Waals surface area contributed by atoms with Gasteiger partial charge in [-0.1, -0.05) is 18.9 Å². The van der Waals surface area contributed by atoms with E-state index in [4.69, 9.17) is 5.73 Å². The molecule has 1 saturated carbocycles. The molecule has 1 saturated heterocycles. The lowest BCUT2D eigenvalue weighted by molar-refractivity contribution is 0.100. The van der Waals surface area contributed by atoms with E-state index < -0.39 is 5.91 Å². The zero-order chi connectivity index (χ0) is 17.6. The molecule has 2 aromatic rings. The number of piperidine rings is 1. The lowest BCUT2D eigenvalue weighted by Gasteiger charge is -2.36. The molecular weight excluding hydrogens is 316 g/mol. The number of hydrogen-bond acceptors (Lipinski definition) is 3. The summed E-state index contributed by atoms with van der Waals surface area (Å²) in [5, 5.41) is 0.454. The zero-order valence-corrected chi connectivity index (χ0v) is 14.8. The van der Waals surface area contributed by atoms with Crippen molar-refractivity contribution in [2.24, 2.45) is 12.8 Å². The Morgan fingerprint density at radius 1 is 1.08 bits per heavy atom. The molecule has 0 spiro atoms. The first-order valence-corrected chi connectivity index (χ1v) is 9.32. The Bertz CT molecular complexity index is 852. The number of hydrogen-bond donors (Lipinski definition) is 1. The van der Waals surface area contributed by atoms with E-state index in [0.29, 0.717) is 10.9 Å². The maximum absolute atomic E-state index is 13.0. The molecule has 0 atom stereocenters. The Morgan fingerprint density at radius 2 is 1.76 bits per heavy atom. The molecule has 1 aliphatic carbocycles. The van der Waals surface area contributed by atoms with E-state index in [1.807, 2.05) is 22.5 Å². The standard InChI is InChI=1S/C19H26N4O2/c1-21-16-8-4-7-15(18(20)24)17(16)19(25)23(21)14-9-11-22(12-10-14)13-5-2-3-6-13/h4,7-8,13-14H,2-3,5-6,9-12H2,1H3,(H2,20,24). The number of fused-ring (bicyclic) bond motifs is 1. The Kier molecular flexibility index (Phi) is 4.15. The summed E-state index contributed by atoms with van der Waals surface area (Å²) in [6, 6.07) is 6.23. The van der Waals surface area contributed by atoms with Crippen molar-refractivity contribution in [2.45, 2.75) is 50.6 Å². The molecule has 6 heteroatoms. The lowest BCUT2D eigenvalue weighted by Crippen LogP contribution is -2.42. The highest BCUT2D eigenvalue weighted by Gasteiger charge is 2.30. The smallest absolute Gasteiger partial charge is 0.275 e. The highest BCUT2D eigenvalue weighted by molar-refractivity contribution is 6.05. The molecule has 1 aromatic carbocycles. The highest BCUT2D eigenvalue weighted by atomic mass is 16.1. The number of benzene rings is 1. The molecule has 2 fully saturated rings. The fourth-order valence-electron chi connectivity index (χ4n) is 4.78. The SMILES string of the molecule is Cn1c2cccc(C(N)=O)c2c(=O)n1C1CCN(C2CCCC2)CC1. The Hall–Kier alpha value is -2.08. The molecule has 0 unspecified atom stereocenters. The van der Waals surface area contributed by atoms with Crippen molar-refractivity contribution >= 4 is 16.8 Å². The van der Waals surface area contributed by atoms with Gasteiger partial charge in [-0.2, -0.15) is 0 Å². The van der Waals surface area contributed by atoms with Crippen LogP contribution in [0.3, 0.4) is 0 Å². The van der Waals surface area contributed by atoms with Crippen LogP contribution in [0.15, 0.2) is 23.0 Å². The zero-order valence-electron chi connectivity index (χ0n) is 14.8. The van der Waals surface area contributed by atoms with E-state index in [1.54, 1.807) is 12.1 Å². The minimum Gasteiger partial charge on any atom is -0.366 e. The van der Waals surface area contributed by atoms with Crippen LogP contribution >= 0.6 is 0 Å². The van der Waals surface area contributed by atoms with Crippen LogP contribution in [0.5, 0.6) is 0 Å². The van der Waals surface area contributed by atoms with Crippen molar-refractivity contribution in [3.05, 3.63) is 34.1 Å². The lowest BCUT2D eigenvalue weighted by atomic mass is 10.0. The van der Waals surface area contributed by atoms with Crippen LogP contribution < -0.4 is 11.3 Å². The number of nitrogens with zero attached hydrogens (tertiary/aromatic N) is 3. The van der Waals surface area contributed by atoms with Crippen molar-refractivity contribution < 1.29 is 4.79 Å². The fraction of sp³-hybridized carbons (Fsp3) is 0.579. The first-order valence-electron chi connectivity index (χ1n) is 9.32. The van der Waals surface area contributed by atoms with Gasteiger partial charge in [0.2, 0.25) is 5.91 Å². The topological polar surface area (TPSA) is 73.3 Å². The van der Waals surface area contributed by atoms with Gasteiger partial charge >= 0.3 is 0 Å². The van der Waals surface area contributed by atoms with E-state index >= 15 is 0 Å². The number of carbonyl (C=O) groups excluding carboxylic acids is 1. The molecule has 1 amide bonds. The number of primary amides is 1. The molecule has 6 nitrogen and oxygen atoms in total. The van der Waals surface area contributed by atoms with Crippen molar-refractivity contribution in [3.63, 3.8) is 0 Å². The van der Waals surface area contributed by atoms with Crippen LogP contribution in [0, 0.1) is 0 Å². The molecule has 2 heterocycles. The van der Waals surface area contributed by atoms with Crippen molar-refractivity contribution in [1.82, 2.24) is 14.3 Å². The third kappa shape index (κ3) is 2.68. The number of amides is 1. The number of nitrogens with two attached hydrogens (primary N) is 1. The first kappa shape index (κ1) is 16.4. The van der Waals surface area contributed by atoms with Crippen molar-refractivity contribution in [1.29, 1.82) is 0 Å². The van der Waals surface area contributed by atoms with Crippen LogP contribution in [0.25, 0.3) is 10.9 Å². The number of aromatic nitrogens is 2. The van der Waals surface area contributed by atoms with Crippen molar-refractivity contribution in [2.75, 3.05) is 13.1 Å². The third-order valence-corrected chi connectivity index (χ3v) is 6.09. The van der Waals surface area contributed by atoms with Crippen LogP contribution in [0.4, 0.5) is 0 Å². The average molecular weight is 342 g/mol. The number of likely N-dealkylation sites (tertiary alicyclic amines) is 1. The molecule has 0 bridgehead atoms. The molecular formula is C19H26N4O2. The maximum atomic E-state index is 13.0. The van der Waals surface area contributed by atoms with Gasteiger partial charge in [0.25, 0.3) is 5.56 Å². The van der Waals surface area contributed by atoms with Gasteiger partial charge in [0.05, 0.1) is 22.5 Å². The molecule has 2 aliphatic rings. The van der Waals surface area contributed by atoms with Gasteiger partial charge in [0, 0.05) is 26.2 Å². The summed E-state index contributed by atoms with van der Waals surface area (Å²) in [5.41, 5.74) is 6.48. The van der Waals surface area contributed by atoms with Gasteiger partial charge in [-0.3, -0.25) is 14.3 Å². The van der Waals surface area contributed by atoms with Crippen LogP contribution in [-0.4, -0.2) is 39.3 Å². The Balaban J connectivity index is 1.65. The summed E-state index contributed by atoms with van der Waals surface area (Å²) in [5.74, 6) is -0.545. The van der Waals surface area contributed by atoms with Gasteiger partial charge in [0.15, 0.2) is 0 Å². The Labute approximate surface area is 147 Å². The van der Waals surface area contributed by atoms with E-state index in [0.717, 1.165) is 37.5 Å². The summed E-state index contributed by atoms with van der Waals surface area (Å²) in [7, 11) is 1.90. The van der Waals surface area contributed by atoms with Crippen LogP contribution in [0.1, 0.15) is 54.9 Å². The third-order valence-electron chi connectivity index (χ3n) is 6.09. The van der Waals surface area contributed by atoms with Crippen molar-refractivity contribution in [3.8, 4) is 0 Å². The Morgan fingerprint density at radius 3 is 2.40 bits per heavy atom. The summed E-state index contributed by atoms with van der Waals surface area (Å²) >= 11 is 0. The van der Waals surface area contributed by atoms with E-state index in [9.17, 15) is 9.59 Å². The van der Waals surface area contributed by atoms with Gasteiger partial charge in [-0.15, -0.1) is 0 Å². The summed E-state index contributed by atoms with van der Waals surface area (Å²) in [6.07, 6.45) is 7.30. The largest absolute Gasteiger partial charge is 0.366 e. The normalized spacial score (nSPS) is 20.5. The molecule has 2 N–H and O–H groups in total. The van der Waals surface area contributed by atoms with E-state index in [2.05, 4.69) is 4.90 Å². The highest BCUT2D eigenvalue weighted by Crippen LogP contribution is 2.30.